The summed E-state index contributed by atoms with van der Waals surface area (Å²) in [6.07, 6.45) is 1.37. The topological polar surface area (TPSA) is 108 Å². The number of carbonyl (C=O) groups is 4. The van der Waals surface area contributed by atoms with E-state index in [2.05, 4.69) is 27.4 Å². The third-order valence-corrected chi connectivity index (χ3v) is 9.54. The first-order valence-electron chi connectivity index (χ1n) is 16.6. The molecule has 9 nitrogen and oxygen atoms in total. The molecule has 13 heteroatoms. The number of hydrogen-bond acceptors (Lipinski definition) is 6. The van der Waals surface area contributed by atoms with Gasteiger partial charge in [-0.15, -0.1) is 0 Å². The maximum atomic E-state index is 15.0. The Hall–Kier alpha value is -4.86. The first kappa shape index (κ1) is 37.4. The molecule has 3 amide bonds. The third kappa shape index (κ3) is 8.55. The van der Waals surface area contributed by atoms with Crippen molar-refractivity contribution in [1.82, 2.24) is 15.5 Å². The number of benzene rings is 3. The number of nitrogens with one attached hydrogen (secondary N) is 2. The standard InChI is InChI=1S/C38H38ClF3N4O5/c1-4-51-36(49)24-12-15-45(16-13-24)17-14-43-34(47)11-8-23-18-31(41)26(32(42)19-23)21-44-35(48)25-9-10-28-33(20-25)46(37(50)38(28,2)3)22-27-29(39)6-5-7-30(27)40/h5-7,9-10,18-20,24H,4,12-17,21-22H2,1-3H3,(H,43,47)(H,44,48). The average Bonchev–Trinajstić information content (AvgIpc) is 3.28. The van der Waals surface area contributed by atoms with Crippen molar-refractivity contribution in [2.45, 2.75) is 52.1 Å². The van der Waals surface area contributed by atoms with Crippen molar-refractivity contribution in [1.29, 1.82) is 0 Å². The summed E-state index contributed by atoms with van der Waals surface area (Å²) < 4.78 is 49.6. The van der Waals surface area contributed by atoms with Gasteiger partial charge < -0.3 is 25.2 Å². The number of esters is 1. The smallest absolute Gasteiger partial charge is 0.309 e. The van der Waals surface area contributed by atoms with Crippen molar-refractivity contribution in [3.63, 3.8) is 0 Å². The molecule has 0 unspecified atom stereocenters. The lowest BCUT2D eigenvalue weighted by molar-refractivity contribution is -0.149. The molecular formula is C38H38ClF3N4O5. The van der Waals surface area contributed by atoms with E-state index in [9.17, 15) is 32.3 Å². The van der Waals surface area contributed by atoms with E-state index in [1.165, 1.54) is 35.2 Å². The number of rotatable bonds is 10. The van der Waals surface area contributed by atoms with Crippen molar-refractivity contribution in [2.75, 3.05) is 37.7 Å². The molecule has 2 heterocycles. The average molecular weight is 723 g/mol. The van der Waals surface area contributed by atoms with Crippen molar-refractivity contribution in [3.8, 4) is 11.8 Å². The molecule has 2 aliphatic heterocycles. The van der Waals surface area contributed by atoms with Crippen molar-refractivity contribution >= 4 is 41.0 Å². The van der Waals surface area contributed by atoms with Gasteiger partial charge in [-0.1, -0.05) is 29.7 Å². The molecular weight excluding hydrogens is 685 g/mol. The molecule has 0 bridgehead atoms. The van der Waals surface area contributed by atoms with Gasteiger partial charge in [-0.05, 0) is 88.7 Å². The molecule has 5 rings (SSSR count). The third-order valence-electron chi connectivity index (χ3n) is 9.19. The van der Waals surface area contributed by atoms with Gasteiger partial charge in [0.25, 0.3) is 11.8 Å². The van der Waals surface area contributed by atoms with Gasteiger partial charge in [0.1, 0.15) is 17.5 Å². The number of fused-ring (bicyclic) bond motifs is 1. The van der Waals surface area contributed by atoms with E-state index in [1.54, 1.807) is 26.8 Å². The molecule has 51 heavy (non-hydrogen) atoms. The molecule has 3 aromatic carbocycles. The molecule has 268 valence electrons. The van der Waals surface area contributed by atoms with E-state index < -0.39 is 46.8 Å². The zero-order valence-electron chi connectivity index (χ0n) is 28.5. The summed E-state index contributed by atoms with van der Waals surface area (Å²) in [5.74, 6) is 0.464. The number of likely N-dealkylation sites (tertiary alicyclic amines) is 1. The minimum absolute atomic E-state index is 0.0581. The summed E-state index contributed by atoms with van der Waals surface area (Å²) in [4.78, 5) is 54.1. The molecule has 1 fully saturated rings. The molecule has 0 atom stereocenters. The van der Waals surface area contributed by atoms with E-state index >= 15 is 0 Å². The van der Waals surface area contributed by atoms with Crippen molar-refractivity contribution in [2.24, 2.45) is 5.92 Å². The van der Waals surface area contributed by atoms with E-state index in [-0.39, 0.29) is 46.1 Å². The number of halogens is 4. The summed E-state index contributed by atoms with van der Waals surface area (Å²) >= 11 is 6.22. The molecule has 0 saturated carbocycles. The lowest BCUT2D eigenvalue weighted by Crippen LogP contribution is -2.41. The summed E-state index contributed by atoms with van der Waals surface area (Å²) in [5.41, 5.74) is -0.130. The zero-order chi connectivity index (χ0) is 36.9. The lowest BCUT2D eigenvalue weighted by atomic mass is 9.86. The molecule has 0 aromatic heterocycles. The van der Waals surface area contributed by atoms with Gasteiger partial charge >= 0.3 is 5.97 Å². The Balaban J connectivity index is 1.17. The number of amides is 3. The molecule has 0 radical (unpaired) electrons. The lowest BCUT2D eigenvalue weighted by Gasteiger charge is -2.30. The highest BCUT2D eigenvalue weighted by atomic mass is 35.5. The van der Waals surface area contributed by atoms with Crippen LogP contribution in [0.3, 0.4) is 0 Å². The zero-order valence-corrected chi connectivity index (χ0v) is 29.3. The summed E-state index contributed by atoms with van der Waals surface area (Å²) in [7, 11) is 0. The highest BCUT2D eigenvalue weighted by Crippen LogP contribution is 2.43. The number of nitrogens with zero attached hydrogens (tertiary/aromatic N) is 2. The predicted octanol–water partition coefficient (Wildman–Crippen LogP) is 5.25. The Labute approximate surface area is 299 Å². The number of piperidine rings is 1. The Morgan fingerprint density at radius 1 is 0.980 bits per heavy atom. The van der Waals surface area contributed by atoms with Crippen LogP contribution >= 0.6 is 11.6 Å². The van der Waals surface area contributed by atoms with Crippen LogP contribution in [0.1, 0.15) is 66.2 Å². The van der Waals surface area contributed by atoms with Gasteiger partial charge in [0.15, 0.2) is 0 Å². The maximum absolute atomic E-state index is 15.0. The monoisotopic (exact) mass is 722 g/mol. The highest BCUT2D eigenvalue weighted by Gasteiger charge is 2.44. The van der Waals surface area contributed by atoms with E-state index in [1.807, 2.05) is 0 Å². The van der Waals surface area contributed by atoms with Crippen LogP contribution in [0.4, 0.5) is 18.9 Å². The fraction of sp³-hybridized carbons (Fsp3) is 0.368. The number of anilines is 1. The summed E-state index contributed by atoms with van der Waals surface area (Å²) in [5, 5.41) is 5.32. The highest BCUT2D eigenvalue weighted by molar-refractivity contribution is 6.31. The number of hydrogen-bond donors (Lipinski definition) is 2. The number of ether oxygens (including phenoxy) is 1. The minimum atomic E-state index is -0.958. The van der Waals surface area contributed by atoms with Crippen LogP contribution in [-0.4, -0.2) is 61.4 Å². The quantitative estimate of drug-likeness (QED) is 0.219. The largest absolute Gasteiger partial charge is 0.466 e. The maximum Gasteiger partial charge on any atom is 0.309 e. The van der Waals surface area contributed by atoms with Gasteiger partial charge in [-0.2, -0.15) is 0 Å². The normalized spacial score (nSPS) is 15.5. The van der Waals surface area contributed by atoms with Gasteiger partial charge in [-0.25, -0.2) is 13.2 Å². The molecule has 0 aliphatic carbocycles. The molecule has 3 aromatic rings. The van der Waals surface area contributed by atoms with Gasteiger partial charge in [0.05, 0.1) is 24.5 Å². The van der Waals surface area contributed by atoms with Gasteiger partial charge in [0, 0.05) is 58.5 Å². The van der Waals surface area contributed by atoms with Crippen LogP contribution in [0.25, 0.3) is 0 Å². The first-order valence-corrected chi connectivity index (χ1v) is 17.0. The van der Waals surface area contributed by atoms with Crippen LogP contribution in [-0.2, 0) is 37.6 Å². The van der Waals surface area contributed by atoms with Crippen molar-refractivity contribution < 1.29 is 37.1 Å². The fourth-order valence-corrected chi connectivity index (χ4v) is 6.48. The molecule has 0 spiro atoms. The van der Waals surface area contributed by atoms with Gasteiger partial charge in [-0.3, -0.25) is 19.2 Å². The Morgan fingerprint density at radius 2 is 1.69 bits per heavy atom. The van der Waals surface area contributed by atoms with Crippen LogP contribution in [0.5, 0.6) is 0 Å². The van der Waals surface area contributed by atoms with Crippen LogP contribution in [0.2, 0.25) is 5.02 Å². The minimum Gasteiger partial charge on any atom is -0.466 e. The Morgan fingerprint density at radius 3 is 2.35 bits per heavy atom. The van der Waals surface area contributed by atoms with E-state index in [4.69, 9.17) is 16.3 Å². The summed E-state index contributed by atoms with van der Waals surface area (Å²) in [6.45, 7) is 7.22. The first-order chi connectivity index (χ1) is 24.3. The Kier molecular flexibility index (Phi) is 11.7. The molecule has 2 N–H and O–H groups in total. The SMILES string of the molecule is CCOC(=O)C1CCN(CCNC(=O)C#Cc2cc(F)c(CNC(=O)c3ccc4c(c3)N(Cc3c(F)cccc3Cl)C(=O)C4(C)C)c(F)c2)CC1. The van der Waals surface area contributed by atoms with Crippen LogP contribution in [0, 0.1) is 35.2 Å². The van der Waals surface area contributed by atoms with Gasteiger partial charge in [0.2, 0.25) is 5.91 Å². The van der Waals surface area contributed by atoms with Crippen molar-refractivity contribution in [3.05, 3.63) is 98.8 Å². The van der Waals surface area contributed by atoms with E-state index in [0.29, 0.717) is 56.9 Å². The second-order valence-electron chi connectivity index (χ2n) is 12.9. The second-order valence-corrected chi connectivity index (χ2v) is 13.3. The molecule has 1 saturated heterocycles. The fourth-order valence-electron chi connectivity index (χ4n) is 6.25. The number of carbonyl (C=O) groups excluding carboxylic acids is 4. The summed E-state index contributed by atoms with van der Waals surface area (Å²) in [6, 6.07) is 10.8. The molecule has 2 aliphatic rings. The predicted molar refractivity (Wildman–Crippen MR) is 185 cm³/mol. The Bertz CT molecular complexity index is 1870. The van der Waals surface area contributed by atoms with E-state index in [0.717, 1.165) is 12.1 Å². The second kappa shape index (κ2) is 16.0. The van der Waals surface area contributed by atoms with Crippen LogP contribution in [0.15, 0.2) is 48.5 Å². The van der Waals surface area contributed by atoms with Crippen LogP contribution < -0.4 is 15.5 Å².